The molecule has 0 aliphatic heterocycles. The van der Waals surface area contributed by atoms with Crippen molar-refractivity contribution in [2.24, 2.45) is 0 Å². The predicted octanol–water partition coefficient (Wildman–Crippen LogP) is 1.84. The molecular weight excluding hydrogens is 214 g/mol. The minimum Gasteiger partial charge on any atom is -0.397 e. The maximum absolute atomic E-state index is 11.7. The van der Waals surface area contributed by atoms with Gasteiger partial charge in [-0.2, -0.15) is 0 Å². The number of hydrogen-bond acceptors (Lipinski definition) is 2. The first-order valence-corrected chi connectivity index (χ1v) is 5.43. The molecule has 1 heterocycles. The number of amides is 1. The summed E-state index contributed by atoms with van der Waals surface area (Å²) in [6.45, 7) is 2.54. The highest BCUT2D eigenvalue weighted by Gasteiger charge is 2.06. The summed E-state index contributed by atoms with van der Waals surface area (Å²) in [7, 11) is 0. The van der Waals surface area contributed by atoms with Gasteiger partial charge in [0.05, 0.1) is 0 Å². The van der Waals surface area contributed by atoms with E-state index in [-0.39, 0.29) is 5.91 Å². The van der Waals surface area contributed by atoms with E-state index in [2.05, 4.69) is 10.3 Å². The smallest absolute Gasteiger partial charge is 0.268 e. The lowest BCUT2D eigenvalue weighted by Crippen LogP contribution is -2.23. The van der Waals surface area contributed by atoms with E-state index in [1.165, 1.54) is 5.56 Å². The molecule has 4 heteroatoms. The number of aromatic amines is 1. The van der Waals surface area contributed by atoms with Crippen LogP contribution in [0.5, 0.6) is 0 Å². The van der Waals surface area contributed by atoms with Crippen molar-refractivity contribution in [3.8, 4) is 0 Å². The molecule has 0 radical (unpaired) electrons. The minimum absolute atomic E-state index is 0.151. The van der Waals surface area contributed by atoms with Crippen LogP contribution in [0, 0.1) is 6.92 Å². The van der Waals surface area contributed by atoms with Gasteiger partial charge >= 0.3 is 0 Å². The summed E-state index contributed by atoms with van der Waals surface area (Å²) in [4.78, 5) is 14.5. The van der Waals surface area contributed by atoms with Crippen molar-refractivity contribution in [2.75, 3.05) is 5.73 Å². The number of nitrogen functional groups attached to an aromatic ring is 1. The van der Waals surface area contributed by atoms with E-state index in [9.17, 15) is 4.79 Å². The van der Waals surface area contributed by atoms with Gasteiger partial charge in [-0.25, -0.2) is 0 Å². The molecule has 0 aliphatic carbocycles. The molecule has 88 valence electrons. The highest BCUT2D eigenvalue weighted by molar-refractivity contribution is 5.93. The maximum atomic E-state index is 11.7. The first-order valence-electron chi connectivity index (χ1n) is 5.43. The number of aryl methyl sites for hydroxylation is 1. The first kappa shape index (κ1) is 11.3. The third-order valence-corrected chi connectivity index (χ3v) is 2.52. The largest absolute Gasteiger partial charge is 0.397 e. The molecule has 1 aromatic carbocycles. The molecule has 1 amide bonds. The van der Waals surface area contributed by atoms with Gasteiger partial charge in [-0.05, 0) is 18.6 Å². The predicted molar refractivity (Wildman–Crippen MR) is 67.6 cm³/mol. The number of carbonyl (C=O) groups excluding carboxylic acids is 1. The van der Waals surface area contributed by atoms with Gasteiger partial charge in [0.2, 0.25) is 0 Å². The molecule has 0 saturated carbocycles. The lowest BCUT2D eigenvalue weighted by molar-refractivity contribution is 0.0946. The zero-order valence-electron chi connectivity index (χ0n) is 9.66. The van der Waals surface area contributed by atoms with Crippen LogP contribution in [0.1, 0.15) is 21.6 Å². The fraction of sp³-hybridized carbons (Fsp3) is 0.154. The van der Waals surface area contributed by atoms with Crippen LogP contribution in [0.3, 0.4) is 0 Å². The monoisotopic (exact) mass is 229 g/mol. The van der Waals surface area contributed by atoms with Crippen molar-refractivity contribution in [3.63, 3.8) is 0 Å². The highest BCUT2D eigenvalue weighted by atomic mass is 16.1. The summed E-state index contributed by atoms with van der Waals surface area (Å²) >= 11 is 0. The van der Waals surface area contributed by atoms with E-state index < -0.39 is 0 Å². The molecule has 2 rings (SSSR count). The van der Waals surface area contributed by atoms with E-state index in [1.807, 2.05) is 31.2 Å². The Labute approximate surface area is 99.8 Å². The average Bonchev–Trinajstić information content (AvgIpc) is 2.75. The van der Waals surface area contributed by atoms with E-state index in [1.54, 1.807) is 12.3 Å². The summed E-state index contributed by atoms with van der Waals surface area (Å²) in [5.41, 5.74) is 8.85. The van der Waals surface area contributed by atoms with E-state index in [0.717, 1.165) is 5.56 Å². The van der Waals surface area contributed by atoms with E-state index in [4.69, 9.17) is 5.73 Å². The molecule has 2 aromatic rings. The zero-order chi connectivity index (χ0) is 12.3. The molecule has 0 aliphatic rings. The van der Waals surface area contributed by atoms with Crippen molar-refractivity contribution in [3.05, 3.63) is 53.3 Å². The van der Waals surface area contributed by atoms with Crippen molar-refractivity contribution >= 4 is 11.6 Å². The number of benzene rings is 1. The summed E-state index contributed by atoms with van der Waals surface area (Å²) in [5.74, 6) is -0.151. The Morgan fingerprint density at radius 3 is 2.65 bits per heavy atom. The Morgan fingerprint density at radius 2 is 2.06 bits per heavy atom. The summed E-state index contributed by atoms with van der Waals surface area (Å²) in [6.07, 6.45) is 1.60. The molecule has 0 saturated heterocycles. The van der Waals surface area contributed by atoms with Crippen molar-refractivity contribution < 1.29 is 4.79 Å². The van der Waals surface area contributed by atoms with Gasteiger partial charge in [0.15, 0.2) is 0 Å². The second kappa shape index (κ2) is 4.74. The zero-order valence-corrected chi connectivity index (χ0v) is 9.66. The van der Waals surface area contributed by atoms with Crippen LogP contribution in [0.15, 0.2) is 36.5 Å². The molecular formula is C13H15N3O. The third kappa shape index (κ3) is 2.87. The number of nitrogens with two attached hydrogens (primary N) is 1. The molecule has 17 heavy (non-hydrogen) atoms. The SMILES string of the molecule is Cc1ccc(CNC(=O)c2cc(N)c[nH]2)cc1. The number of rotatable bonds is 3. The van der Waals surface area contributed by atoms with Crippen molar-refractivity contribution in [2.45, 2.75) is 13.5 Å². The lowest BCUT2D eigenvalue weighted by Gasteiger charge is -2.04. The lowest BCUT2D eigenvalue weighted by atomic mass is 10.1. The minimum atomic E-state index is -0.151. The Balaban J connectivity index is 1.94. The summed E-state index contributed by atoms with van der Waals surface area (Å²) in [5, 5.41) is 2.82. The molecule has 0 bridgehead atoms. The molecule has 0 fully saturated rings. The van der Waals surface area contributed by atoms with Crippen LogP contribution in [0.4, 0.5) is 5.69 Å². The van der Waals surface area contributed by atoms with Crippen LogP contribution < -0.4 is 11.1 Å². The van der Waals surface area contributed by atoms with Crippen LogP contribution in [-0.2, 0) is 6.54 Å². The van der Waals surface area contributed by atoms with Crippen molar-refractivity contribution in [1.82, 2.24) is 10.3 Å². The normalized spacial score (nSPS) is 10.2. The standard InChI is InChI=1S/C13H15N3O/c1-9-2-4-10(5-3-9)7-16-13(17)12-6-11(14)8-15-12/h2-6,8,15H,7,14H2,1H3,(H,16,17). The van der Waals surface area contributed by atoms with Gasteiger partial charge in [-0.15, -0.1) is 0 Å². The Kier molecular flexibility index (Phi) is 3.14. The number of aromatic nitrogens is 1. The second-order valence-corrected chi connectivity index (χ2v) is 4.01. The Morgan fingerprint density at radius 1 is 1.35 bits per heavy atom. The maximum Gasteiger partial charge on any atom is 0.268 e. The van der Waals surface area contributed by atoms with E-state index in [0.29, 0.717) is 17.9 Å². The Bertz CT molecular complexity index is 514. The number of nitrogens with one attached hydrogen (secondary N) is 2. The van der Waals surface area contributed by atoms with Gasteiger partial charge < -0.3 is 16.0 Å². The topological polar surface area (TPSA) is 70.9 Å². The number of carbonyl (C=O) groups is 1. The molecule has 0 atom stereocenters. The second-order valence-electron chi connectivity index (χ2n) is 4.01. The Hall–Kier alpha value is -2.23. The molecule has 1 aromatic heterocycles. The van der Waals surface area contributed by atoms with Crippen LogP contribution in [0.2, 0.25) is 0 Å². The van der Waals surface area contributed by atoms with Gasteiger partial charge in [0.1, 0.15) is 5.69 Å². The van der Waals surface area contributed by atoms with Crippen LogP contribution in [0.25, 0.3) is 0 Å². The summed E-state index contributed by atoms with van der Waals surface area (Å²) < 4.78 is 0. The number of hydrogen-bond donors (Lipinski definition) is 3. The number of H-pyrrole nitrogens is 1. The fourth-order valence-corrected chi connectivity index (χ4v) is 1.53. The fourth-order valence-electron chi connectivity index (χ4n) is 1.53. The average molecular weight is 229 g/mol. The van der Waals surface area contributed by atoms with Gasteiger partial charge in [0, 0.05) is 18.4 Å². The number of anilines is 1. The van der Waals surface area contributed by atoms with Gasteiger partial charge in [0.25, 0.3) is 5.91 Å². The van der Waals surface area contributed by atoms with Crippen LogP contribution in [-0.4, -0.2) is 10.9 Å². The van der Waals surface area contributed by atoms with Gasteiger partial charge in [-0.3, -0.25) is 4.79 Å². The molecule has 4 N–H and O–H groups in total. The molecule has 0 unspecified atom stereocenters. The van der Waals surface area contributed by atoms with Gasteiger partial charge in [-0.1, -0.05) is 29.8 Å². The quantitative estimate of drug-likeness (QED) is 0.751. The van der Waals surface area contributed by atoms with E-state index >= 15 is 0 Å². The molecule has 4 nitrogen and oxygen atoms in total. The first-order chi connectivity index (χ1) is 8.15. The van der Waals surface area contributed by atoms with Crippen LogP contribution >= 0.6 is 0 Å². The third-order valence-electron chi connectivity index (χ3n) is 2.52. The van der Waals surface area contributed by atoms with Crippen molar-refractivity contribution in [1.29, 1.82) is 0 Å². The molecule has 0 spiro atoms. The highest BCUT2D eigenvalue weighted by Crippen LogP contribution is 2.06. The summed E-state index contributed by atoms with van der Waals surface area (Å²) in [6, 6.07) is 9.66.